The van der Waals surface area contributed by atoms with Crippen molar-refractivity contribution in [3.63, 3.8) is 0 Å². The quantitative estimate of drug-likeness (QED) is 0.793. The smallest absolute Gasteiger partial charge is 0.151 e. The van der Waals surface area contributed by atoms with E-state index in [1.807, 2.05) is 38.2 Å². The van der Waals surface area contributed by atoms with Crippen molar-refractivity contribution < 1.29 is 8.78 Å². The van der Waals surface area contributed by atoms with E-state index in [1.165, 1.54) is 16.8 Å². The highest BCUT2D eigenvalue weighted by molar-refractivity contribution is 5.66. The molecule has 2 aromatic carbocycles. The Hall–Kier alpha value is -2.53. The van der Waals surface area contributed by atoms with Gasteiger partial charge in [0.15, 0.2) is 5.82 Å². The molecule has 0 saturated carbocycles. The minimum absolute atomic E-state index is 0.226. The van der Waals surface area contributed by atoms with Crippen molar-refractivity contribution in [2.45, 2.75) is 13.5 Å². The number of halogens is 2. The predicted molar refractivity (Wildman–Crippen MR) is 86.4 cm³/mol. The van der Waals surface area contributed by atoms with Gasteiger partial charge in [0.1, 0.15) is 11.5 Å². The molecule has 0 aliphatic carbocycles. The van der Waals surface area contributed by atoms with E-state index in [1.54, 1.807) is 6.20 Å². The molecule has 3 aromatic rings. The van der Waals surface area contributed by atoms with Crippen molar-refractivity contribution in [1.82, 2.24) is 15.1 Å². The summed E-state index contributed by atoms with van der Waals surface area (Å²) in [5.41, 5.74) is 4.06. The summed E-state index contributed by atoms with van der Waals surface area (Å²) >= 11 is 0. The molecule has 3 nitrogen and oxygen atoms in total. The largest absolute Gasteiger partial charge is 0.316 e. The molecule has 1 N–H and O–H groups in total. The van der Waals surface area contributed by atoms with E-state index >= 15 is 0 Å². The van der Waals surface area contributed by atoms with Crippen LogP contribution in [0.2, 0.25) is 0 Å². The molecule has 0 atom stereocenters. The number of benzene rings is 2. The van der Waals surface area contributed by atoms with E-state index in [0.29, 0.717) is 6.54 Å². The maximum absolute atomic E-state index is 14.0. The Morgan fingerprint density at radius 1 is 1.13 bits per heavy atom. The lowest BCUT2D eigenvalue weighted by atomic mass is 10.0. The second kappa shape index (κ2) is 6.30. The molecule has 0 unspecified atom stereocenters. The molecule has 23 heavy (non-hydrogen) atoms. The second-order valence-electron chi connectivity index (χ2n) is 5.39. The first-order chi connectivity index (χ1) is 11.1. The molecular weight excluding hydrogens is 296 g/mol. The van der Waals surface area contributed by atoms with Crippen LogP contribution in [-0.4, -0.2) is 16.8 Å². The van der Waals surface area contributed by atoms with E-state index in [2.05, 4.69) is 10.4 Å². The van der Waals surface area contributed by atoms with Gasteiger partial charge < -0.3 is 5.32 Å². The third-order valence-corrected chi connectivity index (χ3v) is 3.71. The Labute approximate surface area is 133 Å². The number of nitrogens with one attached hydrogen (secondary N) is 1. The monoisotopic (exact) mass is 313 g/mol. The second-order valence-corrected chi connectivity index (χ2v) is 5.39. The van der Waals surface area contributed by atoms with Crippen LogP contribution >= 0.6 is 0 Å². The van der Waals surface area contributed by atoms with Crippen LogP contribution in [0.25, 0.3) is 16.9 Å². The van der Waals surface area contributed by atoms with Crippen LogP contribution in [0, 0.1) is 18.6 Å². The highest BCUT2D eigenvalue weighted by Crippen LogP contribution is 2.27. The van der Waals surface area contributed by atoms with Crippen molar-refractivity contribution in [3.8, 4) is 16.9 Å². The first-order valence-corrected chi connectivity index (χ1v) is 7.34. The molecule has 0 radical (unpaired) electrons. The zero-order chi connectivity index (χ0) is 16.4. The van der Waals surface area contributed by atoms with E-state index in [0.717, 1.165) is 28.5 Å². The van der Waals surface area contributed by atoms with E-state index < -0.39 is 11.6 Å². The SMILES string of the molecule is CNCc1cn(-c2ccc(F)cc2F)nc1-c1ccccc1C. The molecule has 0 aliphatic rings. The molecule has 1 aromatic heterocycles. The first-order valence-electron chi connectivity index (χ1n) is 7.34. The highest BCUT2D eigenvalue weighted by atomic mass is 19.1. The van der Waals surface area contributed by atoms with Crippen LogP contribution in [0.5, 0.6) is 0 Å². The number of hydrogen-bond acceptors (Lipinski definition) is 2. The molecule has 1 heterocycles. The topological polar surface area (TPSA) is 29.9 Å². The fourth-order valence-electron chi connectivity index (χ4n) is 2.59. The molecule has 0 aliphatic heterocycles. The fraction of sp³-hybridized carbons (Fsp3) is 0.167. The molecule has 0 fully saturated rings. The van der Waals surface area contributed by atoms with Gasteiger partial charge in [0, 0.05) is 29.9 Å². The molecule has 0 saturated heterocycles. The average Bonchev–Trinajstić information content (AvgIpc) is 2.91. The molecule has 118 valence electrons. The van der Waals surface area contributed by atoms with Crippen LogP contribution < -0.4 is 5.32 Å². The molecule has 0 bridgehead atoms. The minimum Gasteiger partial charge on any atom is -0.316 e. The lowest BCUT2D eigenvalue weighted by molar-refractivity contribution is 0.574. The summed E-state index contributed by atoms with van der Waals surface area (Å²) in [7, 11) is 1.84. The third-order valence-electron chi connectivity index (χ3n) is 3.71. The van der Waals surface area contributed by atoms with E-state index in [-0.39, 0.29) is 5.69 Å². The van der Waals surface area contributed by atoms with Gasteiger partial charge in [-0.25, -0.2) is 13.5 Å². The Kier molecular flexibility index (Phi) is 4.21. The number of aromatic nitrogens is 2. The lowest BCUT2D eigenvalue weighted by Crippen LogP contribution is -2.05. The van der Waals surface area contributed by atoms with Crippen LogP contribution in [0.3, 0.4) is 0 Å². The molecule has 5 heteroatoms. The van der Waals surface area contributed by atoms with Gasteiger partial charge in [0.2, 0.25) is 0 Å². The van der Waals surface area contributed by atoms with Crippen molar-refractivity contribution >= 4 is 0 Å². The first kappa shape index (κ1) is 15.4. The number of nitrogens with zero attached hydrogens (tertiary/aromatic N) is 2. The van der Waals surface area contributed by atoms with Gasteiger partial charge in [-0.2, -0.15) is 5.10 Å². The highest BCUT2D eigenvalue weighted by Gasteiger charge is 2.15. The lowest BCUT2D eigenvalue weighted by Gasteiger charge is -2.05. The summed E-state index contributed by atoms with van der Waals surface area (Å²) in [6.07, 6.45) is 1.77. The minimum atomic E-state index is -0.639. The summed E-state index contributed by atoms with van der Waals surface area (Å²) < 4.78 is 28.6. The zero-order valence-electron chi connectivity index (χ0n) is 13.0. The van der Waals surface area contributed by atoms with Crippen LogP contribution in [0.1, 0.15) is 11.1 Å². The maximum Gasteiger partial charge on any atom is 0.151 e. The summed E-state index contributed by atoms with van der Waals surface area (Å²) in [6, 6.07) is 11.4. The zero-order valence-corrected chi connectivity index (χ0v) is 13.0. The summed E-state index contributed by atoms with van der Waals surface area (Å²) in [5, 5.41) is 7.63. The van der Waals surface area contributed by atoms with Crippen molar-refractivity contribution in [2.75, 3.05) is 7.05 Å². The van der Waals surface area contributed by atoms with Crippen molar-refractivity contribution in [1.29, 1.82) is 0 Å². The van der Waals surface area contributed by atoms with Crippen molar-refractivity contribution in [2.24, 2.45) is 0 Å². The van der Waals surface area contributed by atoms with Crippen molar-refractivity contribution in [3.05, 3.63) is 71.4 Å². The summed E-state index contributed by atoms with van der Waals surface area (Å²) in [6.45, 7) is 2.61. The Bertz CT molecular complexity index is 840. The molecular formula is C18H17F2N3. The maximum atomic E-state index is 14.0. The number of hydrogen-bond donors (Lipinski definition) is 1. The van der Waals surface area contributed by atoms with Crippen LogP contribution in [0.4, 0.5) is 8.78 Å². The Morgan fingerprint density at radius 3 is 2.61 bits per heavy atom. The normalized spacial score (nSPS) is 11.0. The van der Waals surface area contributed by atoms with Gasteiger partial charge in [-0.3, -0.25) is 0 Å². The third kappa shape index (κ3) is 3.00. The Balaban J connectivity index is 2.14. The van der Waals surface area contributed by atoms with Gasteiger partial charge in [-0.1, -0.05) is 24.3 Å². The van der Waals surface area contributed by atoms with E-state index in [9.17, 15) is 8.78 Å². The molecule has 0 spiro atoms. The average molecular weight is 313 g/mol. The standard InChI is InChI=1S/C18H17F2N3/c1-12-5-3-4-6-15(12)18-13(10-21-2)11-23(22-18)17-8-7-14(19)9-16(17)20/h3-9,11,21H,10H2,1-2H3. The molecule has 0 amide bonds. The Morgan fingerprint density at radius 2 is 1.91 bits per heavy atom. The van der Waals surface area contributed by atoms with Gasteiger partial charge in [0.25, 0.3) is 0 Å². The fourth-order valence-corrected chi connectivity index (χ4v) is 2.59. The number of aryl methyl sites for hydroxylation is 1. The summed E-state index contributed by atoms with van der Waals surface area (Å²) in [5.74, 6) is -1.24. The van der Waals surface area contributed by atoms with Crippen LogP contribution in [0.15, 0.2) is 48.7 Å². The van der Waals surface area contributed by atoms with Gasteiger partial charge in [0.05, 0.1) is 5.69 Å². The van der Waals surface area contributed by atoms with Crippen LogP contribution in [-0.2, 0) is 6.54 Å². The number of rotatable bonds is 4. The van der Waals surface area contributed by atoms with Gasteiger partial charge in [-0.15, -0.1) is 0 Å². The van der Waals surface area contributed by atoms with Gasteiger partial charge >= 0.3 is 0 Å². The predicted octanol–water partition coefficient (Wildman–Crippen LogP) is 3.85. The van der Waals surface area contributed by atoms with Gasteiger partial charge in [-0.05, 0) is 31.7 Å². The van der Waals surface area contributed by atoms with E-state index in [4.69, 9.17) is 0 Å². The summed E-state index contributed by atoms with van der Waals surface area (Å²) in [4.78, 5) is 0. The molecule has 3 rings (SSSR count).